The minimum Gasteiger partial charge on any atom is -0.359 e. The summed E-state index contributed by atoms with van der Waals surface area (Å²) in [6.07, 6.45) is 27.5. The fraction of sp³-hybridized carbons (Fsp3) is 0.714. The fourth-order valence-corrected chi connectivity index (χ4v) is 4.45. The third-order valence-electron chi connectivity index (χ3n) is 6.38. The predicted octanol–water partition coefficient (Wildman–Crippen LogP) is 8.15. The fourth-order valence-electron chi connectivity index (χ4n) is 4.45. The van der Waals surface area contributed by atoms with Gasteiger partial charge in [0, 0.05) is 25.5 Å². The maximum atomic E-state index is 8.36. The van der Waals surface area contributed by atoms with Crippen molar-refractivity contribution >= 4 is 0 Å². The number of benzene rings is 1. The van der Waals surface area contributed by atoms with E-state index in [-0.39, 0.29) is 0 Å². The van der Waals surface area contributed by atoms with Crippen LogP contribution in [0.5, 0.6) is 0 Å². The summed E-state index contributed by atoms with van der Waals surface area (Å²) in [5, 5.41) is 13.6. The van der Waals surface area contributed by atoms with Crippen LogP contribution in [-0.4, -0.2) is 33.3 Å². The molecule has 1 aromatic rings. The third-order valence-corrected chi connectivity index (χ3v) is 6.38. The minimum absolute atomic E-state index is 1.02. The predicted molar refractivity (Wildman–Crippen MR) is 141 cm³/mol. The molecule has 0 amide bonds. The minimum atomic E-state index is -1.50. The van der Waals surface area contributed by atoms with Crippen molar-refractivity contribution in [1.29, 1.82) is 0 Å². The summed E-state index contributed by atoms with van der Waals surface area (Å²) in [6, 6.07) is 10.8. The first-order valence-electron chi connectivity index (χ1n) is 13.7. The van der Waals surface area contributed by atoms with Crippen molar-refractivity contribution in [3.63, 3.8) is 0 Å². The lowest BCUT2D eigenvalue weighted by molar-refractivity contribution is -0.742. The van der Waals surface area contributed by atoms with E-state index < -0.39 is 5.09 Å². The van der Waals surface area contributed by atoms with Crippen LogP contribution in [0.2, 0.25) is 0 Å². The molecule has 34 heavy (non-hydrogen) atoms. The van der Waals surface area contributed by atoms with Gasteiger partial charge in [0.25, 0.3) is 5.09 Å². The van der Waals surface area contributed by atoms with Gasteiger partial charge in [-0.1, -0.05) is 134 Å². The lowest BCUT2D eigenvalue weighted by Crippen LogP contribution is -2.25. The highest BCUT2D eigenvalue weighted by molar-refractivity contribution is 5.15. The van der Waals surface area contributed by atoms with Gasteiger partial charge in [0.1, 0.15) is 0 Å². The van der Waals surface area contributed by atoms with Crippen LogP contribution >= 0.6 is 0 Å². The van der Waals surface area contributed by atoms with Gasteiger partial charge in [-0.2, -0.15) is 0 Å². The zero-order valence-corrected chi connectivity index (χ0v) is 21.6. The van der Waals surface area contributed by atoms with Gasteiger partial charge in [0.15, 0.2) is 0 Å². The van der Waals surface area contributed by atoms with E-state index in [1.807, 2.05) is 0 Å². The average molecular weight is 476 g/mol. The molecule has 0 atom stereocenters. The van der Waals surface area contributed by atoms with E-state index in [0.29, 0.717) is 0 Å². The van der Waals surface area contributed by atoms with Crippen LogP contribution < -0.4 is 0 Å². The first-order chi connectivity index (χ1) is 16.6. The normalized spacial score (nSPS) is 12.6. The van der Waals surface area contributed by atoms with Gasteiger partial charge in [-0.15, -0.1) is 10.1 Å². The summed E-state index contributed by atoms with van der Waals surface area (Å²) in [5.41, 5.74) is 1.39. The van der Waals surface area contributed by atoms with Crippen molar-refractivity contribution < 1.29 is 10.3 Å². The van der Waals surface area contributed by atoms with Crippen molar-refractivity contribution in [2.75, 3.05) is 13.2 Å². The highest BCUT2D eigenvalue weighted by Gasteiger charge is 2.11. The maximum absolute atomic E-state index is 8.36. The standard InChI is InChI=1S/C28H48N2.HNO3/c1-2-3-4-5-6-7-8-9-10-11-12-13-14-15-16-20-23-29-24-25-30(27-29)26-28-21-18-17-19-22-28;2-1(3)4/h17-19,21-22,24-25H,2-16,20,23,26-27H2,1H3;(H,2,3,4). The molecule has 1 aliphatic rings. The smallest absolute Gasteiger partial charge is 0.291 e. The summed E-state index contributed by atoms with van der Waals surface area (Å²) < 4.78 is 0. The Hall–Kier alpha value is -2.24. The Morgan fingerprint density at radius 1 is 0.735 bits per heavy atom. The molecule has 0 aromatic heterocycles. The summed E-state index contributed by atoms with van der Waals surface area (Å²) in [4.78, 5) is 13.2. The Balaban J connectivity index is 0.00000133. The summed E-state index contributed by atoms with van der Waals surface area (Å²) in [5.74, 6) is 0. The van der Waals surface area contributed by atoms with Crippen LogP contribution in [-0.2, 0) is 6.54 Å². The highest BCUT2D eigenvalue weighted by atomic mass is 16.9. The van der Waals surface area contributed by atoms with E-state index in [0.717, 1.165) is 13.2 Å². The average Bonchev–Trinajstić information content (AvgIpc) is 3.26. The first-order valence-corrected chi connectivity index (χ1v) is 13.7. The molecule has 1 aromatic carbocycles. The van der Waals surface area contributed by atoms with Crippen molar-refractivity contribution in [1.82, 2.24) is 9.80 Å². The molecule has 0 unspecified atom stereocenters. The SMILES string of the molecule is CCCCCCCCCCCCCCCCCCN1C=CN(Cc2ccccc2)C1.O=[N+]([O-])O. The van der Waals surface area contributed by atoms with E-state index in [9.17, 15) is 0 Å². The second-order valence-corrected chi connectivity index (χ2v) is 9.53. The second-order valence-electron chi connectivity index (χ2n) is 9.53. The number of hydrogen-bond donors (Lipinski definition) is 1. The van der Waals surface area contributed by atoms with Crippen molar-refractivity contribution in [2.45, 2.75) is 116 Å². The number of nitrogens with zero attached hydrogens (tertiary/aromatic N) is 3. The van der Waals surface area contributed by atoms with Gasteiger partial charge in [-0.3, -0.25) is 0 Å². The molecule has 1 N–H and O–H groups in total. The molecular formula is C28H49N3O3. The van der Waals surface area contributed by atoms with Crippen molar-refractivity contribution in [3.8, 4) is 0 Å². The molecule has 6 heteroatoms. The van der Waals surface area contributed by atoms with E-state index in [1.54, 1.807) is 0 Å². The van der Waals surface area contributed by atoms with Gasteiger partial charge in [0.05, 0.1) is 6.67 Å². The molecule has 1 heterocycles. The van der Waals surface area contributed by atoms with E-state index in [2.05, 4.69) is 59.5 Å². The lowest BCUT2D eigenvalue weighted by atomic mass is 10.0. The molecule has 0 fully saturated rings. The van der Waals surface area contributed by atoms with E-state index in [4.69, 9.17) is 15.3 Å². The van der Waals surface area contributed by atoms with Gasteiger partial charge in [-0.25, -0.2) is 0 Å². The molecule has 6 nitrogen and oxygen atoms in total. The molecule has 1 aliphatic heterocycles. The van der Waals surface area contributed by atoms with Crippen molar-refractivity contribution in [2.24, 2.45) is 0 Å². The monoisotopic (exact) mass is 475 g/mol. The number of rotatable bonds is 19. The Bertz CT molecular complexity index is 621. The Morgan fingerprint density at radius 3 is 1.62 bits per heavy atom. The zero-order valence-electron chi connectivity index (χ0n) is 21.6. The molecule has 0 aliphatic carbocycles. The molecule has 2 rings (SSSR count). The van der Waals surface area contributed by atoms with Crippen LogP contribution in [0.4, 0.5) is 0 Å². The Morgan fingerprint density at radius 2 is 1.15 bits per heavy atom. The summed E-state index contributed by atoms with van der Waals surface area (Å²) in [7, 11) is 0. The topological polar surface area (TPSA) is 69.9 Å². The quantitative estimate of drug-likeness (QED) is 0.124. The molecule has 0 saturated heterocycles. The lowest BCUT2D eigenvalue weighted by Gasteiger charge is -2.21. The molecule has 194 valence electrons. The van der Waals surface area contributed by atoms with Crippen molar-refractivity contribution in [3.05, 3.63) is 58.4 Å². The highest BCUT2D eigenvalue weighted by Crippen LogP contribution is 2.15. The zero-order chi connectivity index (χ0) is 24.7. The number of unbranched alkanes of at least 4 members (excludes halogenated alkanes) is 15. The Kier molecular flexibility index (Phi) is 18.7. The maximum Gasteiger partial charge on any atom is 0.291 e. The van der Waals surface area contributed by atoms with Gasteiger partial charge in [-0.05, 0) is 12.0 Å². The Labute approximate surface area is 208 Å². The molecule has 0 spiro atoms. The van der Waals surface area contributed by atoms with Crippen LogP contribution in [0.15, 0.2) is 42.7 Å². The van der Waals surface area contributed by atoms with Gasteiger partial charge in [0.2, 0.25) is 0 Å². The van der Waals surface area contributed by atoms with E-state index in [1.165, 1.54) is 115 Å². The summed E-state index contributed by atoms with van der Waals surface area (Å²) in [6.45, 7) is 5.58. The van der Waals surface area contributed by atoms with Gasteiger partial charge < -0.3 is 15.0 Å². The molecule has 0 saturated carbocycles. The second kappa shape index (κ2) is 21.3. The molecular weight excluding hydrogens is 426 g/mol. The van der Waals surface area contributed by atoms with Crippen LogP contribution in [0.3, 0.4) is 0 Å². The molecule has 0 radical (unpaired) electrons. The van der Waals surface area contributed by atoms with Gasteiger partial charge >= 0.3 is 0 Å². The largest absolute Gasteiger partial charge is 0.359 e. The molecule has 0 bridgehead atoms. The van der Waals surface area contributed by atoms with Crippen LogP contribution in [0.25, 0.3) is 0 Å². The third kappa shape index (κ3) is 18.2. The summed E-state index contributed by atoms with van der Waals surface area (Å²) >= 11 is 0. The van der Waals surface area contributed by atoms with Crippen LogP contribution in [0, 0.1) is 10.1 Å². The van der Waals surface area contributed by atoms with E-state index >= 15 is 0 Å². The number of hydrogen-bond acceptors (Lipinski definition) is 4. The van der Waals surface area contributed by atoms with Crippen LogP contribution in [0.1, 0.15) is 115 Å². The first kappa shape index (κ1) is 29.8.